The van der Waals surface area contributed by atoms with E-state index in [0.29, 0.717) is 40.2 Å². The van der Waals surface area contributed by atoms with Crippen LogP contribution in [0.2, 0.25) is 0 Å². The quantitative estimate of drug-likeness (QED) is 0.475. The molecule has 3 aliphatic rings. The van der Waals surface area contributed by atoms with Crippen molar-refractivity contribution in [2.75, 3.05) is 0 Å². The largest absolute Gasteiger partial charge is 0.507 e. The lowest BCUT2D eigenvalue weighted by Gasteiger charge is -2.31. The Hall–Kier alpha value is -3.61. The highest BCUT2D eigenvalue weighted by atomic mass is 16.5. The molecular weight excluding hydrogens is 412 g/mol. The van der Waals surface area contributed by atoms with Crippen LogP contribution in [-0.2, 0) is 6.42 Å². The van der Waals surface area contributed by atoms with E-state index in [-0.39, 0.29) is 45.3 Å². The zero-order valence-electron chi connectivity index (χ0n) is 18.1. The molecule has 0 spiro atoms. The second kappa shape index (κ2) is 5.59. The van der Waals surface area contributed by atoms with Gasteiger partial charge in [-0.05, 0) is 46.3 Å². The Bertz CT molecular complexity index is 1460. The maximum Gasteiger partial charge on any atom is 0.200 e. The van der Waals surface area contributed by atoms with E-state index < -0.39 is 11.2 Å². The third-order valence-corrected chi connectivity index (χ3v) is 6.73. The van der Waals surface area contributed by atoms with Crippen LogP contribution in [0.3, 0.4) is 0 Å². The zero-order chi connectivity index (χ0) is 22.7. The van der Waals surface area contributed by atoms with E-state index in [1.165, 1.54) is 12.1 Å². The summed E-state index contributed by atoms with van der Waals surface area (Å²) in [6.07, 6.45) is 3.96. The van der Waals surface area contributed by atoms with Crippen molar-refractivity contribution in [3.05, 3.63) is 45.1 Å². The average Bonchev–Trinajstić information content (AvgIpc) is 2.96. The minimum absolute atomic E-state index is 0.0779. The van der Waals surface area contributed by atoms with Gasteiger partial charge >= 0.3 is 0 Å². The summed E-state index contributed by atoms with van der Waals surface area (Å²) < 4.78 is 18.3. The van der Waals surface area contributed by atoms with E-state index in [4.69, 9.17) is 13.9 Å². The lowest BCUT2D eigenvalue weighted by molar-refractivity contribution is 0.106. The Kier molecular flexibility index (Phi) is 3.34. The Morgan fingerprint density at radius 2 is 1.75 bits per heavy atom. The number of phenolic OH excluding ortho intramolecular Hbond substituents is 3. The van der Waals surface area contributed by atoms with Crippen LogP contribution >= 0.6 is 0 Å². The third kappa shape index (κ3) is 2.28. The number of hydrogen-bond donors (Lipinski definition) is 3. The van der Waals surface area contributed by atoms with E-state index in [1.807, 2.05) is 39.8 Å². The van der Waals surface area contributed by atoms with Gasteiger partial charge in [-0.2, -0.15) is 0 Å². The van der Waals surface area contributed by atoms with Crippen LogP contribution < -0.4 is 14.9 Å². The summed E-state index contributed by atoms with van der Waals surface area (Å²) in [7, 11) is 0. The number of benzene rings is 2. The molecule has 7 heteroatoms. The first-order valence-electron chi connectivity index (χ1n) is 10.5. The fourth-order valence-corrected chi connectivity index (χ4v) is 5.18. The van der Waals surface area contributed by atoms with Gasteiger partial charge in [-0.1, -0.05) is 0 Å². The summed E-state index contributed by atoms with van der Waals surface area (Å²) >= 11 is 0. The number of hydrogen-bond acceptors (Lipinski definition) is 7. The van der Waals surface area contributed by atoms with Crippen molar-refractivity contribution in [1.29, 1.82) is 0 Å². The fourth-order valence-electron chi connectivity index (χ4n) is 5.18. The molecule has 1 aliphatic carbocycles. The van der Waals surface area contributed by atoms with Gasteiger partial charge in [-0.25, -0.2) is 0 Å². The molecular formula is C25H22O7. The summed E-state index contributed by atoms with van der Waals surface area (Å²) in [5.41, 5.74) is 0.420. The van der Waals surface area contributed by atoms with Gasteiger partial charge in [0.2, 0.25) is 0 Å². The molecule has 0 amide bonds. The van der Waals surface area contributed by atoms with Crippen molar-refractivity contribution >= 4 is 17.0 Å². The Labute approximate surface area is 183 Å². The molecule has 164 valence electrons. The highest BCUT2D eigenvalue weighted by Crippen LogP contribution is 2.59. The molecule has 3 aromatic rings. The lowest BCUT2D eigenvalue weighted by Crippen LogP contribution is -2.34. The third-order valence-electron chi connectivity index (χ3n) is 6.73. The van der Waals surface area contributed by atoms with E-state index in [0.717, 1.165) is 0 Å². The number of aromatic hydroxyl groups is 3. The van der Waals surface area contributed by atoms with Gasteiger partial charge in [-0.3, -0.25) is 4.79 Å². The number of ether oxygens (including phenoxy) is 2. The van der Waals surface area contributed by atoms with E-state index >= 15 is 0 Å². The molecule has 0 radical (unpaired) electrons. The Morgan fingerprint density at radius 3 is 2.50 bits per heavy atom. The predicted molar refractivity (Wildman–Crippen MR) is 118 cm³/mol. The highest BCUT2D eigenvalue weighted by molar-refractivity contribution is 5.96. The molecule has 3 N–H and O–H groups in total. The maximum absolute atomic E-state index is 13.6. The molecule has 0 fully saturated rings. The lowest BCUT2D eigenvalue weighted by atomic mass is 9.75. The van der Waals surface area contributed by atoms with Crippen molar-refractivity contribution in [3.63, 3.8) is 0 Å². The molecule has 1 aromatic heterocycles. The summed E-state index contributed by atoms with van der Waals surface area (Å²) in [5.74, 6) is 0.0784. The molecule has 2 aromatic carbocycles. The van der Waals surface area contributed by atoms with Gasteiger partial charge in [0.05, 0.1) is 11.1 Å². The predicted octanol–water partition coefficient (Wildman–Crippen LogP) is 4.57. The summed E-state index contributed by atoms with van der Waals surface area (Å²) in [5, 5.41) is 32.0. The Morgan fingerprint density at radius 1 is 1.00 bits per heavy atom. The second-order valence-corrected chi connectivity index (χ2v) is 9.78. The molecule has 7 nitrogen and oxygen atoms in total. The molecule has 0 saturated carbocycles. The number of rotatable bonds is 0. The molecule has 1 unspecified atom stereocenters. The second-order valence-electron chi connectivity index (χ2n) is 9.78. The van der Waals surface area contributed by atoms with Crippen LogP contribution in [0, 0.1) is 0 Å². The van der Waals surface area contributed by atoms with Gasteiger partial charge in [0.15, 0.2) is 22.5 Å². The maximum atomic E-state index is 13.6. The van der Waals surface area contributed by atoms with Crippen LogP contribution in [-0.4, -0.2) is 26.5 Å². The van der Waals surface area contributed by atoms with Crippen LogP contribution in [0.1, 0.15) is 50.3 Å². The molecule has 0 bridgehead atoms. The summed E-state index contributed by atoms with van der Waals surface area (Å²) in [4.78, 5) is 13.6. The van der Waals surface area contributed by atoms with Gasteiger partial charge < -0.3 is 29.2 Å². The van der Waals surface area contributed by atoms with Crippen LogP contribution in [0.4, 0.5) is 0 Å². The van der Waals surface area contributed by atoms with Crippen molar-refractivity contribution in [2.45, 2.75) is 51.2 Å². The fraction of sp³-hybridized carbons (Fsp3) is 0.320. The van der Waals surface area contributed by atoms with Crippen molar-refractivity contribution in [2.24, 2.45) is 0 Å². The smallest absolute Gasteiger partial charge is 0.200 e. The van der Waals surface area contributed by atoms with Gasteiger partial charge in [-0.15, -0.1) is 0 Å². The number of phenols is 3. The van der Waals surface area contributed by atoms with E-state index in [1.54, 1.807) is 0 Å². The van der Waals surface area contributed by atoms with E-state index in [9.17, 15) is 20.1 Å². The van der Waals surface area contributed by atoms with E-state index in [2.05, 4.69) is 0 Å². The summed E-state index contributed by atoms with van der Waals surface area (Å²) in [6.45, 7) is 7.53. The van der Waals surface area contributed by atoms with Crippen molar-refractivity contribution in [1.82, 2.24) is 0 Å². The first kappa shape index (κ1) is 19.1. The van der Waals surface area contributed by atoms with Crippen LogP contribution in [0.25, 0.3) is 28.4 Å². The first-order valence-corrected chi connectivity index (χ1v) is 10.5. The first-order chi connectivity index (χ1) is 15.0. The van der Waals surface area contributed by atoms with Crippen molar-refractivity contribution in [3.8, 4) is 40.1 Å². The SMILES string of the molecule is CC1(C)C=Cc2c(cc(O)c3c(=O)c4c(oc23)-c2c(O)cc(O)c3c2C(C4)C(C)(C)O3)O1. The molecule has 3 heterocycles. The highest BCUT2D eigenvalue weighted by Gasteiger charge is 2.49. The minimum atomic E-state index is -0.707. The van der Waals surface area contributed by atoms with Crippen LogP contribution in [0.15, 0.2) is 27.4 Å². The summed E-state index contributed by atoms with van der Waals surface area (Å²) in [6, 6.07) is 2.65. The molecule has 6 rings (SSSR count). The van der Waals surface area contributed by atoms with Gasteiger partial charge in [0.25, 0.3) is 0 Å². The zero-order valence-corrected chi connectivity index (χ0v) is 18.1. The van der Waals surface area contributed by atoms with Crippen molar-refractivity contribution < 1.29 is 29.2 Å². The van der Waals surface area contributed by atoms with Crippen LogP contribution in [0.5, 0.6) is 28.7 Å². The monoisotopic (exact) mass is 434 g/mol. The Balaban J connectivity index is 1.73. The average molecular weight is 434 g/mol. The van der Waals surface area contributed by atoms with Gasteiger partial charge in [0.1, 0.15) is 39.6 Å². The normalized spacial score (nSPS) is 20.8. The standard InChI is InChI=1S/C25H22O7/c1-24(2)6-5-10-16(31-24)9-14(27)19-20(29)11-7-12-17-18(22(11)30-21(10)19)13(26)8-15(28)23(17)32-25(12,3)4/h5-6,8-9,12,26-28H,7H2,1-4H3. The number of fused-ring (bicyclic) bond motifs is 5. The van der Waals surface area contributed by atoms with Gasteiger partial charge in [0, 0.05) is 29.2 Å². The minimum Gasteiger partial charge on any atom is -0.507 e. The molecule has 2 aliphatic heterocycles. The molecule has 1 atom stereocenters. The molecule has 0 saturated heterocycles. The topological polar surface area (TPSA) is 109 Å². The molecule has 32 heavy (non-hydrogen) atoms.